The van der Waals surface area contributed by atoms with Crippen LogP contribution in [0.25, 0.3) is 0 Å². The van der Waals surface area contributed by atoms with Crippen LogP contribution in [-0.4, -0.2) is 37.0 Å². The second-order valence-corrected chi connectivity index (χ2v) is 4.21. The Labute approximate surface area is 114 Å². The summed E-state index contributed by atoms with van der Waals surface area (Å²) in [6, 6.07) is 8.00. The Morgan fingerprint density at radius 2 is 1.85 bits per heavy atom. The number of ether oxygens (including phenoxy) is 1. The predicted molar refractivity (Wildman–Crippen MR) is 66.3 cm³/mol. The molecule has 0 saturated heterocycles. The summed E-state index contributed by atoms with van der Waals surface area (Å²) in [6.07, 6.45) is -4.49. The van der Waals surface area contributed by atoms with Crippen molar-refractivity contribution in [2.45, 2.75) is 18.6 Å². The summed E-state index contributed by atoms with van der Waals surface area (Å²) in [6.45, 7) is -0.152. The predicted octanol–water partition coefficient (Wildman–Crippen LogP) is 2.15. The zero-order valence-corrected chi connectivity index (χ0v) is 10.9. The second kappa shape index (κ2) is 6.71. The van der Waals surface area contributed by atoms with Gasteiger partial charge in [0.25, 0.3) is 0 Å². The highest BCUT2D eigenvalue weighted by atomic mass is 19.4. The number of nitrogens with one attached hydrogen (secondary N) is 1. The number of carbonyl (C=O) groups is 1. The maximum absolute atomic E-state index is 12.1. The summed E-state index contributed by atoms with van der Waals surface area (Å²) in [5.74, 6) is -1.28. The van der Waals surface area contributed by atoms with Crippen molar-refractivity contribution in [3.05, 3.63) is 35.9 Å². The number of benzene rings is 1. The third-order valence-corrected chi connectivity index (χ3v) is 2.69. The van der Waals surface area contributed by atoms with Crippen molar-refractivity contribution in [1.29, 1.82) is 0 Å². The molecule has 4 nitrogen and oxygen atoms in total. The summed E-state index contributed by atoms with van der Waals surface area (Å²) in [7, 11) is 0. The monoisotopic (exact) mass is 291 g/mol. The summed E-state index contributed by atoms with van der Waals surface area (Å²) in [5.41, 5.74) is -1.35. The van der Waals surface area contributed by atoms with Gasteiger partial charge in [-0.05, 0) is 12.1 Å². The third kappa shape index (κ3) is 4.21. The van der Waals surface area contributed by atoms with Crippen molar-refractivity contribution in [3.63, 3.8) is 0 Å². The molecule has 20 heavy (non-hydrogen) atoms. The standard InChI is InChI=1S/C13H16F3NO3/c1-2-17-12(11(18)19,8-20-9-13(14,15)16)10-6-4-3-5-7-10/h3-7,17H,2,8-9H2,1H3,(H,18,19). The van der Waals surface area contributed by atoms with Crippen LogP contribution in [0.15, 0.2) is 30.3 Å². The van der Waals surface area contributed by atoms with Crippen molar-refractivity contribution >= 4 is 5.97 Å². The van der Waals surface area contributed by atoms with E-state index in [1.54, 1.807) is 25.1 Å². The Morgan fingerprint density at radius 3 is 2.30 bits per heavy atom. The molecule has 0 aliphatic carbocycles. The highest BCUT2D eigenvalue weighted by Crippen LogP contribution is 2.24. The normalized spacial score (nSPS) is 14.8. The number of hydrogen-bond donors (Lipinski definition) is 2. The van der Waals surface area contributed by atoms with Crippen LogP contribution in [0, 0.1) is 0 Å². The molecule has 0 bridgehead atoms. The largest absolute Gasteiger partial charge is 0.480 e. The number of carboxylic acids is 1. The van der Waals surface area contributed by atoms with Crippen LogP contribution in [0.1, 0.15) is 12.5 Å². The maximum atomic E-state index is 12.1. The van der Waals surface area contributed by atoms with Gasteiger partial charge in [0.2, 0.25) is 0 Å². The number of alkyl halides is 3. The van der Waals surface area contributed by atoms with Crippen molar-refractivity contribution in [2.75, 3.05) is 19.8 Å². The summed E-state index contributed by atoms with van der Waals surface area (Å²) >= 11 is 0. The third-order valence-electron chi connectivity index (χ3n) is 2.69. The molecule has 1 aromatic rings. The quantitative estimate of drug-likeness (QED) is 0.808. The molecule has 2 N–H and O–H groups in total. The first-order chi connectivity index (χ1) is 9.32. The molecule has 1 unspecified atom stereocenters. The van der Waals surface area contributed by atoms with E-state index in [0.717, 1.165) is 0 Å². The Hall–Kier alpha value is -1.60. The van der Waals surface area contributed by atoms with Crippen LogP contribution >= 0.6 is 0 Å². The number of likely N-dealkylation sites (N-methyl/N-ethyl adjacent to an activating group) is 1. The Bertz CT molecular complexity index is 436. The topological polar surface area (TPSA) is 58.6 Å². The molecule has 1 atom stereocenters. The fraction of sp³-hybridized carbons (Fsp3) is 0.462. The van der Waals surface area contributed by atoms with Crippen LogP contribution in [-0.2, 0) is 15.1 Å². The first kappa shape index (κ1) is 16.5. The van der Waals surface area contributed by atoms with Gasteiger partial charge in [-0.25, -0.2) is 4.79 Å². The molecule has 0 saturated carbocycles. The summed E-state index contributed by atoms with van der Waals surface area (Å²) < 4.78 is 40.9. The second-order valence-electron chi connectivity index (χ2n) is 4.21. The van der Waals surface area contributed by atoms with Gasteiger partial charge in [-0.15, -0.1) is 0 Å². The zero-order chi connectivity index (χ0) is 15.2. The summed E-state index contributed by atoms with van der Waals surface area (Å²) in [4.78, 5) is 11.5. The lowest BCUT2D eigenvalue weighted by Gasteiger charge is -2.30. The van der Waals surface area contributed by atoms with E-state index in [2.05, 4.69) is 10.1 Å². The zero-order valence-electron chi connectivity index (χ0n) is 10.9. The first-order valence-corrected chi connectivity index (χ1v) is 6.00. The molecule has 0 aliphatic heterocycles. The van der Waals surface area contributed by atoms with Crippen molar-refractivity contribution in [3.8, 4) is 0 Å². The van der Waals surface area contributed by atoms with Gasteiger partial charge in [0.15, 0.2) is 5.54 Å². The molecule has 1 rings (SSSR count). The van der Waals surface area contributed by atoms with Crippen molar-refractivity contribution in [1.82, 2.24) is 5.32 Å². The van der Waals surface area contributed by atoms with E-state index < -0.39 is 30.9 Å². The van der Waals surface area contributed by atoms with Gasteiger partial charge < -0.3 is 9.84 Å². The van der Waals surface area contributed by atoms with Crippen LogP contribution in [0.4, 0.5) is 13.2 Å². The molecule has 0 aromatic heterocycles. The van der Waals surface area contributed by atoms with E-state index in [1.807, 2.05) is 0 Å². The molecule has 1 aromatic carbocycles. The maximum Gasteiger partial charge on any atom is 0.411 e. The molecule has 0 fully saturated rings. The van der Waals surface area contributed by atoms with E-state index >= 15 is 0 Å². The minimum atomic E-state index is -4.49. The van der Waals surface area contributed by atoms with Gasteiger partial charge in [-0.3, -0.25) is 5.32 Å². The molecule has 0 radical (unpaired) electrons. The fourth-order valence-electron chi connectivity index (χ4n) is 1.84. The van der Waals surface area contributed by atoms with Crippen LogP contribution in [0.2, 0.25) is 0 Å². The minimum absolute atomic E-state index is 0.274. The molecule has 0 amide bonds. The molecular weight excluding hydrogens is 275 g/mol. The molecule has 0 heterocycles. The van der Waals surface area contributed by atoms with E-state index in [4.69, 9.17) is 0 Å². The Balaban J connectivity index is 2.98. The van der Waals surface area contributed by atoms with Gasteiger partial charge in [-0.1, -0.05) is 37.3 Å². The minimum Gasteiger partial charge on any atom is -0.480 e. The highest BCUT2D eigenvalue weighted by Gasteiger charge is 2.41. The lowest BCUT2D eigenvalue weighted by atomic mass is 9.90. The molecule has 112 valence electrons. The van der Waals surface area contributed by atoms with Gasteiger partial charge >= 0.3 is 12.1 Å². The lowest BCUT2D eigenvalue weighted by Crippen LogP contribution is -2.53. The van der Waals surface area contributed by atoms with Crippen molar-refractivity contribution < 1.29 is 27.8 Å². The number of hydrogen-bond acceptors (Lipinski definition) is 3. The molecule has 0 spiro atoms. The number of aliphatic carboxylic acids is 1. The number of halogens is 3. The van der Waals surface area contributed by atoms with Gasteiger partial charge in [-0.2, -0.15) is 13.2 Å². The first-order valence-electron chi connectivity index (χ1n) is 6.00. The summed E-state index contributed by atoms with van der Waals surface area (Å²) in [5, 5.41) is 12.1. The average molecular weight is 291 g/mol. The number of rotatable bonds is 7. The van der Waals surface area contributed by atoms with E-state index in [1.165, 1.54) is 12.1 Å². The van der Waals surface area contributed by atoms with E-state index in [9.17, 15) is 23.1 Å². The molecule has 7 heteroatoms. The van der Waals surface area contributed by atoms with Crippen LogP contribution < -0.4 is 5.32 Å². The Kier molecular flexibility index (Phi) is 5.52. The SMILES string of the molecule is CCNC(COCC(F)(F)F)(C(=O)O)c1ccccc1. The number of carboxylic acid groups (broad SMARTS) is 1. The van der Waals surface area contributed by atoms with E-state index in [-0.39, 0.29) is 6.54 Å². The van der Waals surface area contributed by atoms with Crippen LogP contribution in [0.3, 0.4) is 0 Å². The smallest absolute Gasteiger partial charge is 0.411 e. The molecule has 0 aliphatic rings. The Morgan fingerprint density at radius 1 is 1.25 bits per heavy atom. The van der Waals surface area contributed by atoms with Gasteiger partial charge in [0.1, 0.15) is 6.61 Å². The van der Waals surface area contributed by atoms with Gasteiger partial charge in [0.05, 0.1) is 6.61 Å². The average Bonchev–Trinajstić information content (AvgIpc) is 2.37. The van der Waals surface area contributed by atoms with Gasteiger partial charge in [0, 0.05) is 0 Å². The van der Waals surface area contributed by atoms with Crippen LogP contribution in [0.5, 0.6) is 0 Å². The fourth-order valence-corrected chi connectivity index (χ4v) is 1.84. The molecular formula is C13H16F3NO3. The lowest BCUT2D eigenvalue weighted by molar-refractivity contribution is -0.183. The van der Waals surface area contributed by atoms with E-state index in [0.29, 0.717) is 5.56 Å². The highest BCUT2D eigenvalue weighted by molar-refractivity contribution is 5.81. The van der Waals surface area contributed by atoms with Crippen molar-refractivity contribution in [2.24, 2.45) is 0 Å².